The van der Waals surface area contributed by atoms with Gasteiger partial charge in [-0.2, -0.15) is 5.10 Å². The van der Waals surface area contributed by atoms with Gasteiger partial charge >= 0.3 is 0 Å². The summed E-state index contributed by atoms with van der Waals surface area (Å²) in [6, 6.07) is 7.70. The van der Waals surface area contributed by atoms with Gasteiger partial charge in [0.2, 0.25) is 0 Å². The molecule has 1 aromatic carbocycles. The van der Waals surface area contributed by atoms with Crippen LogP contribution in [-0.4, -0.2) is 11.6 Å². The predicted octanol–water partition coefficient (Wildman–Crippen LogP) is 4.14. The number of hydrogen-bond acceptors (Lipinski definition) is 2. The van der Waals surface area contributed by atoms with Gasteiger partial charge in [-0.15, -0.1) is 0 Å². The molecule has 0 aliphatic carbocycles. The quantitative estimate of drug-likeness (QED) is 0.651. The Kier molecular flexibility index (Phi) is 5.49. The highest BCUT2D eigenvalue weighted by Crippen LogP contribution is 2.22. The van der Waals surface area contributed by atoms with Crippen LogP contribution in [0.2, 0.25) is 0 Å². The molecule has 1 amide bonds. The van der Waals surface area contributed by atoms with Gasteiger partial charge < -0.3 is 0 Å². The van der Waals surface area contributed by atoms with E-state index < -0.39 is 0 Å². The van der Waals surface area contributed by atoms with E-state index >= 15 is 0 Å². The smallest absolute Gasteiger partial charge is 0.267 e. The standard InChI is InChI=1S/C17H26N2O/c1-12(2)11-13(3)18-19-16(20)14-7-9-15(10-8-14)17(4,5)6/h7-10,12H,11H2,1-6H3,(H,19,20). The summed E-state index contributed by atoms with van der Waals surface area (Å²) in [5, 5.41) is 4.13. The molecule has 0 aliphatic rings. The average molecular weight is 274 g/mol. The summed E-state index contributed by atoms with van der Waals surface area (Å²) in [7, 11) is 0. The Hall–Kier alpha value is -1.64. The lowest BCUT2D eigenvalue weighted by atomic mass is 9.87. The topological polar surface area (TPSA) is 41.5 Å². The Morgan fingerprint density at radius 2 is 1.75 bits per heavy atom. The van der Waals surface area contributed by atoms with E-state index in [9.17, 15) is 4.79 Å². The van der Waals surface area contributed by atoms with E-state index in [-0.39, 0.29) is 11.3 Å². The Balaban J connectivity index is 2.69. The summed E-state index contributed by atoms with van der Waals surface area (Å²) in [5.74, 6) is 0.385. The average Bonchev–Trinajstić information content (AvgIpc) is 2.34. The second kappa shape index (κ2) is 6.69. The minimum absolute atomic E-state index is 0.0982. The molecule has 0 aliphatic heterocycles. The molecule has 1 aromatic rings. The molecule has 0 heterocycles. The van der Waals surface area contributed by atoms with Gasteiger partial charge in [-0.3, -0.25) is 4.79 Å². The number of amides is 1. The van der Waals surface area contributed by atoms with Crippen molar-refractivity contribution in [3.63, 3.8) is 0 Å². The van der Waals surface area contributed by atoms with Crippen LogP contribution >= 0.6 is 0 Å². The van der Waals surface area contributed by atoms with Crippen LogP contribution in [0.3, 0.4) is 0 Å². The first-order chi connectivity index (χ1) is 9.20. The fourth-order valence-corrected chi connectivity index (χ4v) is 1.97. The monoisotopic (exact) mass is 274 g/mol. The van der Waals surface area contributed by atoms with Crippen molar-refractivity contribution < 1.29 is 4.79 Å². The van der Waals surface area contributed by atoms with E-state index in [4.69, 9.17) is 0 Å². The van der Waals surface area contributed by atoms with Gasteiger partial charge in [-0.25, -0.2) is 5.43 Å². The highest BCUT2D eigenvalue weighted by Gasteiger charge is 2.14. The van der Waals surface area contributed by atoms with Gasteiger partial charge in [0.05, 0.1) is 0 Å². The van der Waals surface area contributed by atoms with Crippen molar-refractivity contribution in [2.24, 2.45) is 11.0 Å². The van der Waals surface area contributed by atoms with Gasteiger partial charge in [0.1, 0.15) is 0 Å². The zero-order chi connectivity index (χ0) is 15.3. The summed E-state index contributed by atoms with van der Waals surface area (Å²) in [5.41, 5.74) is 5.51. The second-order valence-electron chi connectivity index (χ2n) is 6.71. The highest BCUT2D eigenvalue weighted by atomic mass is 16.2. The number of nitrogens with one attached hydrogen (secondary N) is 1. The van der Waals surface area contributed by atoms with Gasteiger partial charge in [-0.1, -0.05) is 46.8 Å². The molecule has 0 bridgehead atoms. The Morgan fingerprint density at radius 3 is 2.20 bits per heavy atom. The van der Waals surface area contributed by atoms with Crippen molar-refractivity contribution in [1.29, 1.82) is 0 Å². The number of hydrogen-bond donors (Lipinski definition) is 1. The third kappa shape index (κ3) is 5.16. The Labute approximate surface area is 122 Å². The molecule has 1 rings (SSSR count). The summed E-state index contributed by atoms with van der Waals surface area (Å²) in [6.45, 7) is 12.7. The van der Waals surface area contributed by atoms with Gasteiger partial charge in [0.15, 0.2) is 0 Å². The number of carbonyl (C=O) groups is 1. The highest BCUT2D eigenvalue weighted by molar-refractivity contribution is 5.95. The van der Waals surface area contributed by atoms with E-state index in [0.29, 0.717) is 11.5 Å². The molecule has 0 aromatic heterocycles. The van der Waals surface area contributed by atoms with Gasteiger partial charge in [0.25, 0.3) is 5.91 Å². The molecule has 0 atom stereocenters. The van der Waals surface area contributed by atoms with Crippen molar-refractivity contribution in [2.45, 2.75) is 53.4 Å². The molecule has 0 spiro atoms. The molecular formula is C17H26N2O. The van der Waals surface area contributed by atoms with Crippen LogP contribution < -0.4 is 5.43 Å². The predicted molar refractivity (Wildman–Crippen MR) is 85.2 cm³/mol. The molecule has 0 saturated heterocycles. The molecule has 0 radical (unpaired) electrons. The van der Waals surface area contributed by atoms with Crippen molar-refractivity contribution in [3.8, 4) is 0 Å². The van der Waals surface area contributed by atoms with Crippen molar-refractivity contribution in [2.75, 3.05) is 0 Å². The SMILES string of the molecule is CC(CC(C)C)=NNC(=O)c1ccc(C(C)(C)C)cc1. The number of hydrazone groups is 1. The zero-order valence-corrected chi connectivity index (χ0v) is 13.4. The first-order valence-corrected chi connectivity index (χ1v) is 7.14. The zero-order valence-electron chi connectivity index (χ0n) is 13.4. The number of benzene rings is 1. The summed E-state index contributed by atoms with van der Waals surface area (Å²) in [4.78, 5) is 12.0. The molecule has 3 nitrogen and oxygen atoms in total. The Morgan fingerprint density at radius 1 is 1.20 bits per heavy atom. The number of carbonyl (C=O) groups excluding carboxylic acids is 1. The maximum Gasteiger partial charge on any atom is 0.271 e. The first-order valence-electron chi connectivity index (χ1n) is 7.14. The van der Waals surface area contributed by atoms with Gasteiger partial charge in [-0.05, 0) is 42.4 Å². The minimum Gasteiger partial charge on any atom is -0.267 e. The molecule has 0 saturated carbocycles. The van der Waals surface area contributed by atoms with Crippen LogP contribution in [0.25, 0.3) is 0 Å². The molecule has 0 unspecified atom stereocenters. The van der Waals surface area contributed by atoms with Crippen LogP contribution in [0.1, 0.15) is 63.9 Å². The van der Waals surface area contributed by atoms with Crippen LogP contribution in [0.5, 0.6) is 0 Å². The molecule has 110 valence electrons. The number of nitrogens with zero attached hydrogens (tertiary/aromatic N) is 1. The third-order valence-electron chi connectivity index (χ3n) is 3.07. The van der Waals surface area contributed by atoms with E-state index in [1.165, 1.54) is 5.56 Å². The largest absolute Gasteiger partial charge is 0.271 e. The minimum atomic E-state index is -0.159. The lowest BCUT2D eigenvalue weighted by molar-refractivity contribution is 0.0954. The molecular weight excluding hydrogens is 248 g/mol. The Bertz CT molecular complexity index is 479. The van der Waals surface area contributed by atoms with Crippen LogP contribution in [0.4, 0.5) is 0 Å². The van der Waals surface area contributed by atoms with Gasteiger partial charge in [0, 0.05) is 11.3 Å². The second-order valence-corrected chi connectivity index (χ2v) is 6.71. The van der Waals surface area contributed by atoms with Crippen molar-refractivity contribution >= 4 is 11.6 Å². The van der Waals surface area contributed by atoms with Crippen molar-refractivity contribution in [3.05, 3.63) is 35.4 Å². The van der Waals surface area contributed by atoms with E-state index in [1.807, 2.05) is 31.2 Å². The molecule has 20 heavy (non-hydrogen) atoms. The van der Waals surface area contributed by atoms with Crippen LogP contribution in [0.15, 0.2) is 29.4 Å². The number of rotatable bonds is 4. The lowest BCUT2D eigenvalue weighted by Gasteiger charge is -2.18. The molecule has 0 fully saturated rings. The normalized spacial score (nSPS) is 12.7. The van der Waals surface area contributed by atoms with E-state index in [0.717, 1.165) is 12.1 Å². The molecule has 1 N–H and O–H groups in total. The van der Waals surface area contributed by atoms with E-state index in [2.05, 4.69) is 45.1 Å². The summed E-state index contributed by atoms with van der Waals surface area (Å²) in [6.07, 6.45) is 0.892. The maximum absolute atomic E-state index is 12.0. The summed E-state index contributed by atoms with van der Waals surface area (Å²) >= 11 is 0. The fourth-order valence-electron chi connectivity index (χ4n) is 1.97. The third-order valence-corrected chi connectivity index (χ3v) is 3.07. The van der Waals surface area contributed by atoms with Crippen LogP contribution in [0, 0.1) is 5.92 Å². The van der Waals surface area contributed by atoms with E-state index in [1.54, 1.807) is 0 Å². The summed E-state index contributed by atoms with van der Waals surface area (Å²) < 4.78 is 0. The first kappa shape index (κ1) is 16.4. The van der Waals surface area contributed by atoms with Crippen LogP contribution in [-0.2, 0) is 5.41 Å². The lowest BCUT2D eigenvalue weighted by Crippen LogP contribution is -2.20. The molecule has 3 heteroatoms. The maximum atomic E-state index is 12.0. The fraction of sp³-hybridized carbons (Fsp3) is 0.529. The van der Waals surface area contributed by atoms with Crippen molar-refractivity contribution in [1.82, 2.24) is 5.43 Å².